The third kappa shape index (κ3) is 6.03. The van der Waals surface area contributed by atoms with Gasteiger partial charge in [0, 0.05) is 30.7 Å². The van der Waals surface area contributed by atoms with Gasteiger partial charge in [-0.3, -0.25) is 9.59 Å². The molecule has 0 radical (unpaired) electrons. The van der Waals surface area contributed by atoms with Gasteiger partial charge in [0.1, 0.15) is 5.75 Å². The molecule has 1 aliphatic rings. The second-order valence-corrected chi connectivity index (χ2v) is 10.1. The molecule has 182 valence electrons. The number of carbonyl (C=O) groups is 2. The predicted octanol–water partition coefficient (Wildman–Crippen LogP) is 2.51. The normalized spacial score (nSPS) is 18.6. The molecule has 2 N–H and O–H groups in total. The number of hydrogen-bond donors (Lipinski definition) is 2. The molecular weight excluding hydrogens is 454 g/mol. The van der Waals surface area contributed by atoms with Crippen molar-refractivity contribution in [3.63, 3.8) is 0 Å². The Morgan fingerprint density at radius 1 is 1.18 bits per heavy atom. The number of para-hydroxylation sites is 1. The Kier molecular flexibility index (Phi) is 8.46. The smallest absolute Gasteiger partial charge is 0.251 e. The van der Waals surface area contributed by atoms with E-state index in [0.29, 0.717) is 37.9 Å². The average Bonchev–Trinajstić information content (AvgIpc) is 2.84. The van der Waals surface area contributed by atoms with E-state index in [1.54, 1.807) is 7.11 Å². The number of amides is 2. The molecule has 3 rings (SSSR count). The van der Waals surface area contributed by atoms with Crippen molar-refractivity contribution >= 4 is 21.8 Å². The lowest BCUT2D eigenvalue weighted by molar-refractivity contribution is -0.117. The Morgan fingerprint density at radius 3 is 2.53 bits per heavy atom. The van der Waals surface area contributed by atoms with E-state index >= 15 is 0 Å². The van der Waals surface area contributed by atoms with Crippen LogP contribution in [0.3, 0.4) is 0 Å². The first-order chi connectivity index (χ1) is 16.3. The average molecular weight is 486 g/mol. The van der Waals surface area contributed by atoms with E-state index in [2.05, 4.69) is 17.2 Å². The van der Waals surface area contributed by atoms with E-state index in [1.165, 1.54) is 34.6 Å². The highest BCUT2D eigenvalue weighted by molar-refractivity contribution is 7.89. The largest absolute Gasteiger partial charge is 0.496 e. The van der Waals surface area contributed by atoms with Gasteiger partial charge < -0.3 is 15.4 Å². The molecule has 1 heterocycles. The Labute approximate surface area is 201 Å². The highest BCUT2D eigenvalue weighted by atomic mass is 32.2. The molecule has 8 nitrogen and oxygen atoms in total. The molecular formula is C25H31N3O5S. The molecule has 1 saturated heterocycles. The van der Waals surface area contributed by atoms with Gasteiger partial charge in [-0.2, -0.15) is 4.31 Å². The highest BCUT2D eigenvalue weighted by Gasteiger charge is 2.34. The first-order valence-electron chi connectivity index (χ1n) is 11.2. The first kappa shape index (κ1) is 25.5. The molecule has 0 spiro atoms. The number of piperidine rings is 1. The van der Waals surface area contributed by atoms with Crippen LogP contribution in [0.4, 0.5) is 0 Å². The molecule has 2 amide bonds. The summed E-state index contributed by atoms with van der Waals surface area (Å²) in [5, 5.41) is 5.69. The van der Waals surface area contributed by atoms with Crippen LogP contribution in [0.1, 0.15) is 35.7 Å². The number of benzene rings is 2. The molecule has 2 unspecified atom stereocenters. The van der Waals surface area contributed by atoms with Crippen LogP contribution in [0.2, 0.25) is 0 Å². The lowest BCUT2D eigenvalue weighted by atomic mass is 10.0. The van der Waals surface area contributed by atoms with E-state index in [-0.39, 0.29) is 28.8 Å². The molecule has 0 bridgehead atoms. The summed E-state index contributed by atoms with van der Waals surface area (Å²) in [5.41, 5.74) is 1.38. The number of nitrogens with zero attached hydrogens (tertiary/aromatic N) is 1. The summed E-state index contributed by atoms with van der Waals surface area (Å²) in [6.45, 7) is 6.00. The molecule has 2 atom stereocenters. The van der Waals surface area contributed by atoms with Crippen molar-refractivity contribution in [2.45, 2.75) is 43.2 Å². The molecule has 9 heteroatoms. The van der Waals surface area contributed by atoms with E-state index in [1.807, 2.05) is 31.2 Å². The van der Waals surface area contributed by atoms with E-state index < -0.39 is 10.0 Å². The zero-order valence-corrected chi connectivity index (χ0v) is 20.3. The van der Waals surface area contributed by atoms with Crippen LogP contribution in [0.5, 0.6) is 5.75 Å². The zero-order chi connectivity index (χ0) is 24.7. The van der Waals surface area contributed by atoms with Crippen molar-refractivity contribution in [3.05, 3.63) is 72.3 Å². The number of ether oxygens (including phenoxy) is 1. The minimum Gasteiger partial charge on any atom is -0.496 e. The van der Waals surface area contributed by atoms with Crippen molar-refractivity contribution in [1.82, 2.24) is 14.9 Å². The molecule has 0 aromatic heterocycles. The summed E-state index contributed by atoms with van der Waals surface area (Å²) in [7, 11) is -2.11. The van der Waals surface area contributed by atoms with Gasteiger partial charge in [-0.05, 0) is 68.2 Å². The van der Waals surface area contributed by atoms with Gasteiger partial charge in [0.25, 0.3) is 5.91 Å². The van der Waals surface area contributed by atoms with Crippen molar-refractivity contribution < 1.29 is 22.7 Å². The van der Waals surface area contributed by atoms with Crippen LogP contribution >= 0.6 is 0 Å². The van der Waals surface area contributed by atoms with Crippen LogP contribution in [0.25, 0.3) is 0 Å². The maximum atomic E-state index is 13.2. The number of nitrogens with one attached hydrogen (secondary N) is 2. The van der Waals surface area contributed by atoms with Crippen molar-refractivity contribution in [2.75, 3.05) is 20.2 Å². The molecule has 2 aromatic carbocycles. The summed E-state index contributed by atoms with van der Waals surface area (Å²) in [5.74, 6) is 0.240. The quantitative estimate of drug-likeness (QED) is 0.531. The monoisotopic (exact) mass is 485 g/mol. The predicted molar refractivity (Wildman–Crippen MR) is 130 cm³/mol. The SMILES string of the molecule is C=CC(=O)NC1CCN(S(=O)(=O)c2ccc(C(=O)NCCc3ccccc3OC)cc2)C(C)C1. The third-order valence-electron chi connectivity index (χ3n) is 5.94. The second-order valence-electron chi connectivity index (χ2n) is 8.24. The van der Waals surface area contributed by atoms with Crippen LogP contribution in [-0.4, -0.2) is 56.8 Å². The van der Waals surface area contributed by atoms with Crippen LogP contribution in [-0.2, 0) is 21.2 Å². The Balaban J connectivity index is 1.59. The van der Waals surface area contributed by atoms with Crippen molar-refractivity contribution in [2.24, 2.45) is 0 Å². The number of sulfonamides is 1. The van der Waals surface area contributed by atoms with E-state index in [4.69, 9.17) is 4.74 Å². The fourth-order valence-electron chi connectivity index (χ4n) is 4.13. The number of rotatable bonds is 9. The fourth-order valence-corrected chi connectivity index (χ4v) is 5.79. The highest BCUT2D eigenvalue weighted by Crippen LogP contribution is 2.26. The van der Waals surface area contributed by atoms with Gasteiger partial charge in [-0.1, -0.05) is 24.8 Å². The second kappa shape index (κ2) is 11.3. The van der Waals surface area contributed by atoms with Gasteiger partial charge in [-0.25, -0.2) is 8.42 Å². The van der Waals surface area contributed by atoms with Gasteiger partial charge in [0.2, 0.25) is 15.9 Å². The molecule has 34 heavy (non-hydrogen) atoms. The first-order valence-corrected chi connectivity index (χ1v) is 12.6. The summed E-state index contributed by atoms with van der Waals surface area (Å²) in [6, 6.07) is 13.2. The Hall–Kier alpha value is -3.17. The van der Waals surface area contributed by atoms with E-state index in [0.717, 1.165) is 11.3 Å². The van der Waals surface area contributed by atoms with Gasteiger partial charge >= 0.3 is 0 Å². The van der Waals surface area contributed by atoms with Crippen molar-refractivity contribution in [3.8, 4) is 5.75 Å². The molecule has 0 aliphatic carbocycles. The fraction of sp³-hybridized carbons (Fsp3) is 0.360. The Bertz CT molecular complexity index is 1130. The van der Waals surface area contributed by atoms with Gasteiger partial charge in [-0.15, -0.1) is 0 Å². The maximum Gasteiger partial charge on any atom is 0.251 e. The summed E-state index contributed by atoms with van der Waals surface area (Å²) in [4.78, 5) is 24.2. The number of hydrogen-bond acceptors (Lipinski definition) is 5. The van der Waals surface area contributed by atoms with Gasteiger partial charge in [0.05, 0.1) is 12.0 Å². The molecule has 2 aromatic rings. The zero-order valence-electron chi connectivity index (χ0n) is 19.5. The molecule has 1 aliphatic heterocycles. The topological polar surface area (TPSA) is 105 Å². The van der Waals surface area contributed by atoms with Gasteiger partial charge in [0.15, 0.2) is 0 Å². The van der Waals surface area contributed by atoms with Crippen LogP contribution in [0, 0.1) is 0 Å². The third-order valence-corrected chi connectivity index (χ3v) is 7.97. The molecule has 0 saturated carbocycles. The maximum absolute atomic E-state index is 13.2. The summed E-state index contributed by atoms with van der Waals surface area (Å²) < 4.78 is 33.1. The lowest BCUT2D eigenvalue weighted by Crippen LogP contribution is -2.50. The number of carbonyl (C=O) groups excluding carboxylic acids is 2. The summed E-state index contributed by atoms with van der Waals surface area (Å²) >= 11 is 0. The summed E-state index contributed by atoms with van der Waals surface area (Å²) in [6.07, 6.45) is 2.87. The number of methoxy groups -OCH3 is 1. The van der Waals surface area contributed by atoms with Crippen LogP contribution < -0.4 is 15.4 Å². The Morgan fingerprint density at radius 2 is 1.88 bits per heavy atom. The van der Waals surface area contributed by atoms with Crippen LogP contribution in [0.15, 0.2) is 66.1 Å². The van der Waals surface area contributed by atoms with E-state index in [9.17, 15) is 18.0 Å². The standard InChI is InChI=1S/C25H31N3O5S/c1-4-24(29)27-21-14-16-28(18(2)17-21)34(31,32)22-11-9-20(10-12-22)25(30)26-15-13-19-7-5-6-8-23(19)33-3/h4-12,18,21H,1,13-17H2,2-3H3,(H,26,30)(H,27,29). The lowest BCUT2D eigenvalue weighted by Gasteiger charge is -2.36. The minimum atomic E-state index is -3.72. The minimum absolute atomic E-state index is 0.0890. The van der Waals surface area contributed by atoms with Crippen molar-refractivity contribution in [1.29, 1.82) is 0 Å². The molecule has 1 fully saturated rings.